The maximum Gasteiger partial charge on any atom is 0.248 e. The molecule has 1 unspecified atom stereocenters. The van der Waals surface area contributed by atoms with Gasteiger partial charge in [-0.15, -0.1) is 0 Å². The summed E-state index contributed by atoms with van der Waals surface area (Å²) in [5.74, 6) is 0.566. The molecule has 106 valence electrons. The third-order valence-corrected chi connectivity index (χ3v) is 3.30. The van der Waals surface area contributed by atoms with Crippen LogP contribution in [0.5, 0.6) is 0 Å². The Labute approximate surface area is 118 Å². The number of pyridine rings is 1. The summed E-state index contributed by atoms with van der Waals surface area (Å²) in [6.07, 6.45) is -0.0909. The Morgan fingerprint density at radius 3 is 3.00 bits per heavy atom. The van der Waals surface area contributed by atoms with E-state index in [0.717, 1.165) is 11.3 Å². The van der Waals surface area contributed by atoms with Gasteiger partial charge in [-0.2, -0.15) is 5.26 Å². The zero-order valence-electron chi connectivity index (χ0n) is 11.9. The number of hydrogen-bond donors (Lipinski definition) is 1. The monoisotopic (exact) mass is 274 g/mol. The first kappa shape index (κ1) is 14.3. The van der Waals surface area contributed by atoms with Crippen LogP contribution >= 0.6 is 0 Å². The molecule has 1 saturated heterocycles. The molecule has 0 bridgehead atoms. The summed E-state index contributed by atoms with van der Waals surface area (Å²) in [7, 11) is 1.76. The lowest BCUT2D eigenvalue weighted by molar-refractivity contribution is -0.145. The number of nitrogens with one attached hydrogen (secondary N) is 1. The fourth-order valence-corrected chi connectivity index (χ4v) is 2.20. The van der Waals surface area contributed by atoms with E-state index in [9.17, 15) is 10.1 Å². The number of aromatic nitrogens is 1. The van der Waals surface area contributed by atoms with Crippen LogP contribution in [0.25, 0.3) is 0 Å². The van der Waals surface area contributed by atoms with Gasteiger partial charge in [-0.1, -0.05) is 0 Å². The van der Waals surface area contributed by atoms with Crippen molar-refractivity contribution in [3.63, 3.8) is 0 Å². The first-order chi connectivity index (χ1) is 9.51. The Morgan fingerprint density at radius 2 is 2.35 bits per heavy atom. The summed E-state index contributed by atoms with van der Waals surface area (Å²) >= 11 is 0. The highest BCUT2D eigenvalue weighted by molar-refractivity contribution is 5.77. The number of carbonyl (C=O) groups excluding carboxylic acids is 1. The van der Waals surface area contributed by atoms with Crippen LogP contribution in [-0.4, -0.2) is 48.6 Å². The predicted molar refractivity (Wildman–Crippen MR) is 74.3 cm³/mol. The summed E-state index contributed by atoms with van der Waals surface area (Å²) in [5, 5.41) is 12.3. The van der Waals surface area contributed by atoms with Crippen molar-refractivity contribution in [1.82, 2.24) is 9.88 Å². The number of amides is 1. The van der Waals surface area contributed by atoms with Crippen molar-refractivity contribution in [2.45, 2.75) is 20.0 Å². The molecule has 0 aromatic carbocycles. The maximum absolute atomic E-state index is 11.3. The molecule has 1 atom stereocenters. The fourth-order valence-electron chi connectivity index (χ4n) is 2.20. The number of hydrogen-bond acceptors (Lipinski definition) is 5. The normalized spacial score (nSPS) is 18.8. The molecule has 0 aliphatic carbocycles. The first-order valence-electron chi connectivity index (χ1n) is 6.49. The second kappa shape index (κ2) is 5.88. The zero-order valence-corrected chi connectivity index (χ0v) is 11.9. The summed E-state index contributed by atoms with van der Waals surface area (Å²) in [6, 6.07) is 4.05. The van der Waals surface area contributed by atoms with E-state index >= 15 is 0 Å². The SMILES string of the molecule is Cc1cc(C)c(C#N)c(NCC2CN(C)C(=O)CO2)n1. The number of nitriles is 1. The van der Waals surface area contributed by atoms with E-state index in [1.54, 1.807) is 11.9 Å². The summed E-state index contributed by atoms with van der Waals surface area (Å²) in [5.41, 5.74) is 2.32. The highest BCUT2D eigenvalue weighted by Crippen LogP contribution is 2.18. The van der Waals surface area contributed by atoms with Gasteiger partial charge in [-0.25, -0.2) is 4.98 Å². The quantitative estimate of drug-likeness (QED) is 0.883. The van der Waals surface area contributed by atoms with E-state index < -0.39 is 0 Å². The number of carbonyl (C=O) groups is 1. The molecular weight excluding hydrogens is 256 g/mol. The third kappa shape index (κ3) is 3.06. The molecule has 1 aliphatic rings. The predicted octanol–water partition coefficient (Wildman–Crippen LogP) is 0.839. The lowest BCUT2D eigenvalue weighted by atomic mass is 10.1. The van der Waals surface area contributed by atoms with Crippen LogP contribution in [-0.2, 0) is 9.53 Å². The number of morpholine rings is 1. The van der Waals surface area contributed by atoms with Crippen LogP contribution in [0.2, 0.25) is 0 Å². The molecule has 20 heavy (non-hydrogen) atoms. The third-order valence-electron chi connectivity index (χ3n) is 3.30. The average molecular weight is 274 g/mol. The number of anilines is 1. The Bertz CT molecular complexity index is 565. The molecule has 1 fully saturated rings. The van der Waals surface area contributed by atoms with Crippen molar-refractivity contribution in [3.8, 4) is 6.07 Å². The van der Waals surface area contributed by atoms with E-state index in [-0.39, 0.29) is 18.6 Å². The second-order valence-corrected chi connectivity index (χ2v) is 5.00. The minimum absolute atomic E-state index is 0.0107. The maximum atomic E-state index is 11.3. The van der Waals surface area contributed by atoms with Crippen molar-refractivity contribution >= 4 is 11.7 Å². The topological polar surface area (TPSA) is 78.2 Å². The Morgan fingerprint density at radius 1 is 1.60 bits per heavy atom. The number of nitrogens with zero attached hydrogens (tertiary/aromatic N) is 3. The van der Waals surface area contributed by atoms with Gasteiger partial charge < -0.3 is 15.0 Å². The molecule has 1 aliphatic heterocycles. The standard InChI is InChI=1S/C14H18N4O2/c1-9-4-10(2)17-14(12(9)5-15)16-6-11-7-18(3)13(19)8-20-11/h4,11H,6-8H2,1-3H3,(H,16,17). The van der Waals surface area contributed by atoms with Crippen molar-refractivity contribution in [1.29, 1.82) is 5.26 Å². The van der Waals surface area contributed by atoms with Gasteiger partial charge in [-0.05, 0) is 25.5 Å². The highest BCUT2D eigenvalue weighted by atomic mass is 16.5. The largest absolute Gasteiger partial charge is 0.366 e. The molecule has 2 rings (SSSR count). The van der Waals surface area contributed by atoms with Gasteiger partial charge in [0.05, 0.1) is 11.7 Å². The summed E-state index contributed by atoms with van der Waals surface area (Å²) < 4.78 is 5.45. The number of aryl methyl sites for hydroxylation is 2. The van der Waals surface area contributed by atoms with Gasteiger partial charge in [0.1, 0.15) is 18.5 Å². The van der Waals surface area contributed by atoms with Gasteiger partial charge in [0.25, 0.3) is 0 Å². The van der Waals surface area contributed by atoms with E-state index in [0.29, 0.717) is 24.5 Å². The van der Waals surface area contributed by atoms with Crippen LogP contribution < -0.4 is 5.32 Å². The fraction of sp³-hybridized carbons (Fsp3) is 0.500. The van der Waals surface area contributed by atoms with E-state index in [4.69, 9.17) is 4.74 Å². The van der Waals surface area contributed by atoms with Crippen LogP contribution in [0.1, 0.15) is 16.8 Å². The number of rotatable bonds is 3. The molecule has 6 heteroatoms. The minimum Gasteiger partial charge on any atom is -0.366 e. The molecule has 0 saturated carbocycles. The number of ether oxygens (including phenoxy) is 1. The molecule has 6 nitrogen and oxygen atoms in total. The van der Waals surface area contributed by atoms with Gasteiger partial charge >= 0.3 is 0 Å². The summed E-state index contributed by atoms with van der Waals surface area (Å²) in [6.45, 7) is 4.94. The molecule has 1 N–H and O–H groups in total. The lowest BCUT2D eigenvalue weighted by Crippen LogP contribution is -2.46. The molecule has 0 radical (unpaired) electrons. The average Bonchev–Trinajstić information content (AvgIpc) is 2.39. The van der Waals surface area contributed by atoms with E-state index in [1.165, 1.54) is 0 Å². The molecule has 0 spiro atoms. The van der Waals surface area contributed by atoms with Crippen molar-refractivity contribution in [3.05, 3.63) is 22.9 Å². The smallest absolute Gasteiger partial charge is 0.248 e. The van der Waals surface area contributed by atoms with Gasteiger partial charge in [0.2, 0.25) is 5.91 Å². The molecule has 1 aromatic heterocycles. The van der Waals surface area contributed by atoms with Gasteiger partial charge in [0.15, 0.2) is 0 Å². The van der Waals surface area contributed by atoms with Gasteiger partial charge in [-0.3, -0.25) is 4.79 Å². The van der Waals surface area contributed by atoms with E-state index in [2.05, 4.69) is 16.4 Å². The van der Waals surface area contributed by atoms with Crippen LogP contribution in [0.4, 0.5) is 5.82 Å². The molecule has 2 heterocycles. The van der Waals surface area contributed by atoms with E-state index in [1.807, 2.05) is 19.9 Å². The van der Waals surface area contributed by atoms with Crippen LogP contribution in [0.15, 0.2) is 6.07 Å². The lowest BCUT2D eigenvalue weighted by Gasteiger charge is -2.30. The van der Waals surface area contributed by atoms with Gasteiger partial charge in [0, 0.05) is 25.8 Å². The van der Waals surface area contributed by atoms with Crippen LogP contribution in [0.3, 0.4) is 0 Å². The van der Waals surface area contributed by atoms with Crippen molar-refractivity contribution in [2.75, 3.05) is 32.1 Å². The Balaban J connectivity index is 2.05. The minimum atomic E-state index is -0.0909. The number of likely N-dealkylation sites (N-methyl/N-ethyl adjacent to an activating group) is 1. The molecule has 1 amide bonds. The molecule has 1 aromatic rings. The zero-order chi connectivity index (χ0) is 14.7. The molecular formula is C14H18N4O2. The first-order valence-corrected chi connectivity index (χ1v) is 6.49. The highest BCUT2D eigenvalue weighted by Gasteiger charge is 2.23. The van der Waals surface area contributed by atoms with Crippen LogP contribution in [0, 0.1) is 25.2 Å². The summed E-state index contributed by atoms with van der Waals surface area (Å²) in [4.78, 5) is 17.3. The Kier molecular flexibility index (Phi) is 4.20. The van der Waals surface area contributed by atoms with Crippen molar-refractivity contribution in [2.24, 2.45) is 0 Å². The van der Waals surface area contributed by atoms with Crippen molar-refractivity contribution < 1.29 is 9.53 Å². The second-order valence-electron chi connectivity index (χ2n) is 5.00. The Hall–Kier alpha value is -2.13.